The number of nitrogen functional groups attached to an aromatic ring is 1. The highest BCUT2D eigenvalue weighted by molar-refractivity contribution is 5.96. The summed E-state index contributed by atoms with van der Waals surface area (Å²) in [5.74, 6) is -0.692. The number of nitrogens with zero attached hydrogens (tertiary/aromatic N) is 1. The highest BCUT2D eigenvalue weighted by atomic mass is 19.4. The van der Waals surface area contributed by atoms with Crippen LogP contribution in [0.25, 0.3) is 11.1 Å². The maximum atomic E-state index is 12.6. The van der Waals surface area contributed by atoms with Crippen molar-refractivity contribution >= 4 is 17.6 Å². The smallest absolute Gasteiger partial charge is 0.416 e. The van der Waals surface area contributed by atoms with Crippen molar-refractivity contribution in [2.24, 2.45) is 5.92 Å². The van der Waals surface area contributed by atoms with Gasteiger partial charge in [-0.2, -0.15) is 13.2 Å². The minimum absolute atomic E-state index is 0.265. The predicted octanol–water partition coefficient (Wildman–Crippen LogP) is 6.27. The molecule has 3 aromatic rings. The molecule has 0 bridgehead atoms. The fourth-order valence-electron chi connectivity index (χ4n) is 4.03. The standard InChI is InChI=1S/C14H9F3O2.C14H20N2O/c15-14(16,17)10-6-7-11(12(8-10)13(18)19)9-4-2-1-3-5-9;1-10(2)7-14(17)16-6-5-11-8-13(15)4-3-12(11)9-16/h1-8H,(H,18,19);3-4,8,10H,5-7,9,15H2,1-2H3. The van der Waals surface area contributed by atoms with Crippen LogP contribution in [0.15, 0.2) is 66.7 Å². The van der Waals surface area contributed by atoms with Gasteiger partial charge < -0.3 is 15.7 Å². The van der Waals surface area contributed by atoms with Crippen LogP contribution in [0.3, 0.4) is 0 Å². The lowest BCUT2D eigenvalue weighted by Gasteiger charge is -2.29. The average Bonchev–Trinajstić information content (AvgIpc) is 2.83. The number of anilines is 1. The van der Waals surface area contributed by atoms with Gasteiger partial charge in [0, 0.05) is 25.2 Å². The molecule has 0 aromatic heterocycles. The number of amides is 1. The number of carbonyl (C=O) groups is 2. The molecule has 0 unspecified atom stereocenters. The quantitative estimate of drug-likeness (QED) is 0.415. The number of nitrogens with two attached hydrogens (primary N) is 1. The van der Waals surface area contributed by atoms with E-state index in [1.165, 1.54) is 17.2 Å². The van der Waals surface area contributed by atoms with Gasteiger partial charge in [-0.15, -0.1) is 0 Å². The highest BCUT2D eigenvalue weighted by Gasteiger charge is 2.32. The summed E-state index contributed by atoms with van der Waals surface area (Å²) in [6.45, 7) is 5.72. The maximum Gasteiger partial charge on any atom is 0.416 e. The number of hydrogen-bond donors (Lipinski definition) is 2. The number of benzene rings is 3. The number of fused-ring (bicyclic) bond motifs is 1. The molecule has 3 N–H and O–H groups in total. The second-order valence-corrected chi connectivity index (χ2v) is 9.12. The number of carbonyl (C=O) groups excluding carboxylic acids is 1. The van der Waals surface area contributed by atoms with Gasteiger partial charge in [-0.1, -0.05) is 56.3 Å². The van der Waals surface area contributed by atoms with Gasteiger partial charge in [0.2, 0.25) is 5.91 Å². The summed E-state index contributed by atoms with van der Waals surface area (Å²) in [6, 6.07) is 17.1. The topological polar surface area (TPSA) is 83.6 Å². The molecule has 4 rings (SSSR count). The molecule has 1 aliphatic heterocycles. The number of carboxylic acids is 1. The number of rotatable bonds is 4. The fourth-order valence-corrected chi connectivity index (χ4v) is 4.03. The monoisotopic (exact) mass is 498 g/mol. The van der Waals surface area contributed by atoms with Crippen molar-refractivity contribution in [1.29, 1.82) is 0 Å². The molecule has 0 atom stereocenters. The van der Waals surface area contributed by atoms with E-state index in [-0.39, 0.29) is 17.0 Å². The van der Waals surface area contributed by atoms with E-state index < -0.39 is 17.7 Å². The van der Waals surface area contributed by atoms with E-state index in [4.69, 9.17) is 10.8 Å². The normalized spacial score (nSPS) is 13.0. The van der Waals surface area contributed by atoms with Gasteiger partial charge in [-0.25, -0.2) is 4.79 Å². The van der Waals surface area contributed by atoms with Crippen LogP contribution in [-0.4, -0.2) is 28.4 Å². The number of alkyl halides is 3. The molecule has 5 nitrogen and oxygen atoms in total. The van der Waals surface area contributed by atoms with Crippen molar-refractivity contribution in [3.8, 4) is 11.1 Å². The van der Waals surface area contributed by atoms with Gasteiger partial charge in [0.05, 0.1) is 11.1 Å². The SMILES string of the molecule is CC(C)CC(=O)N1CCc2cc(N)ccc2C1.O=C(O)c1cc(C(F)(F)F)ccc1-c1ccccc1. The van der Waals surface area contributed by atoms with E-state index in [1.54, 1.807) is 30.3 Å². The Hall–Kier alpha value is -3.81. The molecule has 1 amide bonds. The van der Waals surface area contributed by atoms with Gasteiger partial charge in [0.25, 0.3) is 0 Å². The average molecular weight is 499 g/mol. The Kier molecular flexibility index (Phi) is 8.40. The van der Waals surface area contributed by atoms with Gasteiger partial charge in [0.1, 0.15) is 0 Å². The van der Waals surface area contributed by atoms with E-state index in [0.717, 1.165) is 31.3 Å². The van der Waals surface area contributed by atoms with Crippen LogP contribution in [0.2, 0.25) is 0 Å². The number of carboxylic acid groups (broad SMARTS) is 1. The molecule has 3 aromatic carbocycles. The maximum absolute atomic E-state index is 12.6. The van der Waals surface area contributed by atoms with Crippen molar-refractivity contribution in [2.75, 3.05) is 12.3 Å². The molecular weight excluding hydrogens is 469 g/mol. The Bertz CT molecular complexity index is 1220. The van der Waals surface area contributed by atoms with Gasteiger partial charge in [-0.05, 0) is 58.9 Å². The van der Waals surface area contributed by atoms with Crippen LogP contribution in [0.4, 0.5) is 18.9 Å². The fraction of sp³-hybridized carbons (Fsp3) is 0.286. The third-order valence-corrected chi connectivity index (χ3v) is 5.84. The molecule has 8 heteroatoms. The summed E-state index contributed by atoms with van der Waals surface area (Å²) in [6.07, 6.45) is -2.99. The Balaban J connectivity index is 0.000000202. The van der Waals surface area contributed by atoms with Gasteiger partial charge in [-0.3, -0.25) is 4.79 Å². The first-order valence-electron chi connectivity index (χ1n) is 11.6. The number of halogens is 3. The summed E-state index contributed by atoms with van der Waals surface area (Å²) in [4.78, 5) is 25.1. The Labute approximate surface area is 208 Å². The third-order valence-electron chi connectivity index (χ3n) is 5.84. The van der Waals surface area contributed by atoms with Gasteiger partial charge in [0.15, 0.2) is 0 Å². The molecular formula is C28H29F3N2O3. The Morgan fingerprint density at radius 3 is 2.31 bits per heavy atom. The second kappa shape index (κ2) is 11.3. The highest BCUT2D eigenvalue weighted by Crippen LogP contribution is 2.33. The van der Waals surface area contributed by atoms with Crippen molar-refractivity contribution in [1.82, 2.24) is 4.90 Å². The van der Waals surface area contributed by atoms with Crippen LogP contribution < -0.4 is 5.73 Å². The first kappa shape index (κ1) is 26.8. The van der Waals surface area contributed by atoms with Crippen LogP contribution in [0.1, 0.15) is 47.3 Å². The number of hydrogen-bond acceptors (Lipinski definition) is 3. The molecule has 0 saturated carbocycles. The molecule has 0 aliphatic carbocycles. The molecule has 0 saturated heterocycles. The van der Waals surface area contributed by atoms with Crippen molar-refractivity contribution in [3.63, 3.8) is 0 Å². The predicted molar refractivity (Wildman–Crippen MR) is 133 cm³/mol. The lowest BCUT2D eigenvalue weighted by Crippen LogP contribution is -2.36. The van der Waals surface area contributed by atoms with Crippen molar-refractivity contribution < 1.29 is 27.9 Å². The lowest BCUT2D eigenvalue weighted by molar-refractivity contribution is -0.137. The Morgan fingerprint density at radius 1 is 1.00 bits per heavy atom. The summed E-state index contributed by atoms with van der Waals surface area (Å²) < 4.78 is 37.7. The lowest BCUT2D eigenvalue weighted by atomic mass is 9.97. The molecule has 0 radical (unpaired) electrons. The van der Waals surface area contributed by atoms with Crippen molar-refractivity contribution in [3.05, 3.63) is 89.0 Å². The van der Waals surface area contributed by atoms with E-state index in [9.17, 15) is 22.8 Å². The zero-order valence-corrected chi connectivity index (χ0v) is 20.2. The molecule has 0 spiro atoms. The van der Waals surface area contributed by atoms with Crippen molar-refractivity contribution in [2.45, 2.75) is 39.4 Å². The van der Waals surface area contributed by atoms with E-state index in [0.29, 0.717) is 24.0 Å². The van der Waals surface area contributed by atoms with Crippen LogP contribution in [0, 0.1) is 5.92 Å². The zero-order chi connectivity index (χ0) is 26.5. The van der Waals surface area contributed by atoms with Crippen LogP contribution in [-0.2, 0) is 23.9 Å². The third kappa shape index (κ3) is 6.87. The van der Waals surface area contributed by atoms with E-state index in [2.05, 4.69) is 13.8 Å². The summed E-state index contributed by atoms with van der Waals surface area (Å²) in [5, 5.41) is 9.05. The summed E-state index contributed by atoms with van der Waals surface area (Å²) in [7, 11) is 0. The van der Waals surface area contributed by atoms with Crippen LogP contribution in [0.5, 0.6) is 0 Å². The summed E-state index contributed by atoms with van der Waals surface area (Å²) >= 11 is 0. The first-order valence-corrected chi connectivity index (χ1v) is 11.6. The molecule has 190 valence electrons. The summed E-state index contributed by atoms with van der Waals surface area (Å²) in [5.41, 5.74) is 8.60. The molecule has 1 heterocycles. The number of aromatic carboxylic acids is 1. The minimum atomic E-state index is -4.56. The zero-order valence-electron chi connectivity index (χ0n) is 20.2. The Morgan fingerprint density at radius 2 is 1.69 bits per heavy atom. The van der Waals surface area contributed by atoms with E-state index >= 15 is 0 Å². The molecule has 36 heavy (non-hydrogen) atoms. The largest absolute Gasteiger partial charge is 0.478 e. The molecule has 0 fully saturated rings. The second-order valence-electron chi connectivity index (χ2n) is 9.12. The van der Waals surface area contributed by atoms with E-state index in [1.807, 2.05) is 23.1 Å². The van der Waals surface area contributed by atoms with Crippen LogP contribution >= 0.6 is 0 Å². The minimum Gasteiger partial charge on any atom is -0.478 e. The molecule has 1 aliphatic rings. The first-order chi connectivity index (χ1) is 17.0. The van der Waals surface area contributed by atoms with Gasteiger partial charge >= 0.3 is 12.1 Å².